The van der Waals surface area contributed by atoms with Gasteiger partial charge in [0, 0.05) is 17.5 Å². The highest BCUT2D eigenvalue weighted by atomic mass is 14.6. The Morgan fingerprint density at radius 2 is 1.80 bits per heavy atom. The maximum atomic E-state index is 5.30. The monoisotopic (exact) mass is 193 g/mol. The normalized spacial score (nSPS) is 9.60. The van der Waals surface area contributed by atoms with Gasteiger partial charge in [-0.25, -0.2) is 0 Å². The second-order valence-electron chi connectivity index (χ2n) is 3.41. The van der Waals surface area contributed by atoms with Crippen LogP contribution in [0, 0.1) is 19.3 Å². The van der Waals surface area contributed by atoms with Crippen molar-refractivity contribution in [2.24, 2.45) is 0 Å². The van der Waals surface area contributed by atoms with Crippen LogP contribution in [-0.2, 0) is 0 Å². The van der Waals surface area contributed by atoms with Crippen molar-refractivity contribution in [3.8, 4) is 23.5 Å². The van der Waals surface area contributed by atoms with Crippen molar-refractivity contribution < 1.29 is 0 Å². The highest BCUT2D eigenvalue weighted by molar-refractivity contribution is 5.64. The van der Waals surface area contributed by atoms with Crippen molar-refractivity contribution in [2.75, 3.05) is 0 Å². The molecule has 0 atom stereocenters. The van der Waals surface area contributed by atoms with Gasteiger partial charge >= 0.3 is 0 Å². The third-order valence-electron chi connectivity index (χ3n) is 2.28. The Morgan fingerprint density at radius 3 is 2.40 bits per heavy atom. The van der Waals surface area contributed by atoms with E-state index >= 15 is 0 Å². The molecule has 0 saturated carbocycles. The van der Waals surface area contributed by atoms with E-state index in [-0.39, 0.29) is 0 Å². The minimum atomic E-state index is 0.907. The van der Waals surface area contributed by atoms with Crippen LogP contribution in [0.5, 0.6) is 0 Å². The molecule has 0 aliphatic rings. The van der Waals surface area contributed by atoms with Crippen LogP contribution in [0.15, 0.2) is 42.6 Å². The Bertz CT molecular complexity index is 504. The van der Waals surface area contributed by atoms with Crippen molar-refractivity contribution >= 4 is 0 Å². The summed E-state index contributed by atoms with van der Waals surface area (Å²) in [6, 6.07) is 12.0. The smallest absolute Gasteiger partial charge is 0.0378 e. The molecule has 0 fully saturated rings. The van der Waals surface area contributed by atoms with Crippen molar-refractivity contribution in [3.63, 3.8) is 0 Å². The summed E-state index contributed by atoms with van der Waals surface area (Å²) in [4.78, 5) is 4.17. The van der Waals surface area contributed by atoms with Crippen LogP contribution in [0.25, 0.3) is 11.1 Å². The quantitative estimate of drug-likeness (QED) is 0.634. The molecule has 1 aromatic carbocycles. The molecule has 72 valence electrons. The largest absolute Gasteiger partial charge is 0.262 e. The SMILES string of the molecule is C#Cc1ccc(-c2ccnc(C)c2)cc1. The Hall–Kier alpha value is -2.07. The van der Waals surface area contributed by atoms with E-state index in [9.17, 15) is 0 Å². The van der Waals surface area contributed by atoms with E-state index in [0.29, 0.717) is 0 Å². The zero-order valence-corrected chi connectivity index (χ0v) is 8.57. The van der Waals surface area contributed by atoms with Gasteiger partial charge in [0.05, 0.1) is 0 Å². The molecular formula is C14H11N. The van der Waals surface area contributed by atoms with Gasteiger partial charge in [0.15, 0.2) is 0 Å². The molecule has 15 heavy (non-hydrogen) atoms. The van der Waals surface area contributed by atoms with Crippen molar-refractivity contribution in [2.45, 2.75) is 6.92 Å². The number of rotatable bonds is 1. The van der Waals surface area contributed by atoms with Crippen LogP contribution in [0.4, 0.5) is 0 Å². The molecule has 0 amide bonds. The van der Waals surface area contributed by atoms with E-state index in [1.165, 1.54) is 11.1 Å². The van der Waals surface area contributed by atoms with Crippen molar-refractivity contribution in [1.29, 1.82) is 0 Å². The Morgan fingerprint density at radius 1 is 1.07 bits per heavy atom. The van der Waals surface area contributed by atoms with E-state index in [1.807, 2.05) is 43.5 Å². The lowest BCUT2D eigenvalue weighted by Crippen LogP contribution is -1.83. The first-order valence-corrected chi connectivity index (χ1v) is 4.79. The van der Waals surface area contributed by atoms with E-state index < -0.39 is 0 Å². The zero-order chi connectivity index (χ0) is 10.7. The fraction of sp³-hybridized carbons (Fsp3) is 0.0714. The summed E-state index contributed by atoms with van der Waals surface area (Å²) in [5, 5.41) is 0. The molecule has 0 radical (unpaired) electrons. The Kier molecular flexibility index (Phi) is 2.51. The summed E-state index contributed by atoms with van der Waals surface area (Å²) in [7, 11) is 0. The second kappa shape index (κ2) is 3.98. The molecule has 1 aromatic heterocycles. The lowest BCUT2D eigenvalue weighted by atomic mass is 10.0. The number of pyridine rings is 1. The zero-order valence-electron chi connectivity index (χ0n) is 8.57. The molecule has 1 heteroatoms. The van der Waals surface area contributed by atoms with Gasteiger partial charge in [-0.05, 0) is 42.3 Å². The third kappa shape index (κ3) is 2.05. The van der Waals surface area contributed by atoms with Crippen LogP contribution in [0.2, 0.25) is 0 Å². The van der Waals surface area contributed by atoms with Crippen LogP contribution in [-0.4, -0.2) is 4.98 Å². The van der Waals surface area contributed by atoms with E-state index in [4.69, 9.17) is 6.42 Å². The molecule has 0 aliphatic carbocycles. The van der Waals surface area contributed by atoms with Gasteiger partial charge in [-0.2, -0.15) is 0 Å². The molecule has 0 aliphatic heterocycles. The molecule has 2 aromatic rings. The van der Waals surface area contributed by atoms with E-state index in [1.54, 1.807) is 0 Å². The predicted molar refractivity (Wildman–Crippen MR) is 62.3 cm³/mol. The van der Waals surface area contributed by atoms with Crippen LogP contribution in [0.3, 0.4) is 0 Å². The maximum absolute atomic E-state index is 5.30. The predicted octanol–water partition coefficient (Wildman–Crippen LogP) is 3.04. The topological polar surface area (TPSA) is 12.9 Å². The number of nitrogens with zero attached hydrogens (tertiary/aromatic N) is 1. The third-order valence-corrected chi connectivity index (χ3v) is 2.28. The van der Waals surface area contributed by atoms with Gasteiger partial charge in [-0.15, -0.1) is 6.42 Å². The van der Waals surface area contributed by atoms with Gasteiger partial charge in [-0.3, -0.25) is 4.98 Å². The molecule has 1 heterocycles. The lowest BCUT2D eigenvalue weighted by molar-refractivity contribution is 1.20. The van der Waals surface area contributed by atoms with E-state index in [2.05, 4.69) is 17.0 Å². The van der Waals surface area contributed by atoms with Gasteiger partial charge in [0.25, 0.3) is 0 Å². The van der Waals surface area contributed by atoms with Gasteiger partial charge in [0.1, 0.15) is 0 Å². The number of aromatic nitrogens is 1. The van der Waals surface area contributed by atoms with E-state index in [0.717, 1.165) is 11.3 Å². The van der Waals surface area contributed by atoms with Gasteiger partial charge < -0.3 is 0 Å². The van der Waals surface area contributed by atoms with Crippen LogP contribution >= 0.6 is 0 Å². The average Bonchev–Trinajstić information content (AvgIpc) is 2.29. The summed E-state index contributed by atoms with van der Waals surface area (Å²) >= 11 is 0. The number of aryl methyl sites for hydroxylation is 1. The molecule has 0 spiro atoms. The lowest BCUT2D eigenvalue weighted by Gasteiger charge is -2.02. The maximum Gasteiger partial charge on any atom is 0.0378 e. The van der Waals surface area contributed by atoms with Crippen LogP contribution in [0.1, 0.15) is 11.3 Å². The number of hydrogen-bond acceptors (Lipinski definition) is 1. The van der Waals surface area contributed by atoms with Crippen molar-refractivity contribution in [3.05, 3.63) is 53.9 Å². The molecule has 0 bridgehead atoms. The second-order valence-corrected chi connectivity index (χ2v) is 3.41. The highest BCUT2D eigenvalue weighted by Gasteiger charge is 1.97. The molecule has 0 saturated heterocycles. The fourth-order valence-electron chi connectivity index (χ4n) is 1.48. The van der Waals surface area contributed by atoms with Gasteiger partial charge in [0.2, 0.25) is 0 Å². The summed E-state index contributed by atoms with van der Waals surface area (Å²) in [6.45, 7) is 1.99. The summed E-state index contributed by atoms with van der Waals surface area (Å²) in [5.41, 5.74) is 4.27. The number of hydrogen-bond donors (Lipinski definition) is 0. The Labute approximate surface area is 89.8 Å². The minimum Gasteiger partial charge on any atom is -0.262 e. The molecule has 0 N–H and O–H groups in total. The number of terminal acetylenes is 1. The first-order chi connectivity index (χ1) is 7.29. The summed E-state index contributed by atoms with van der Waals surface area (Å²) in [5.74, 6) is 2.60. The minimum absolute atomic E-state index is 0.907. The van der Waals surface area contributed by atoms with Crippen LogP contribution < -0.4 is 0 Å². The van der Waals surface area contributed by atoms with Gasteiger partial charge in [-0.1, -0.05) is 18.1 Å². The molecule has 1 nitrogen and oxygen atoms in total. The first kappa shape index (κ1) is 9.48. The molecule has 0 unspecified atom stereocenters. The average molecular weight is 193 g/mol. The number of benzene rings is 1. The molecule has 2 rings (SSSR count). The molecular weight excluding hydrogens is 182 g/mol. The fourth-order valence-corrected chi connectivity index (χ4v) is 1.48. The summed E-state index contributed by atoms with van der Waals surface area (Å²) < 4.78 is 0. The Balaban J connectivity index is 2.42. The first-order valence-electron chi connectivity index (χ1n) is 4.79. The van der Waals surface area contributed by atoms with Crippen molar-refractivity contribution in [1.82, 2.24) is 4.98 Å². The summed E-state index contributed by atoms with van der Waals surface area (Å²) in [6.07, 6.45) is 7.12. The highest BCUT2D eigenvalue weighted by Crippen LogP contribution is 2.19. The standard InChI is InChI=1S/C14H11N/c1-3-12-4-6-13(7-5-12)14-8-9-15-11(2)10-14/h1,4-10H,2H3.